The summed E-state index contributed by atoms with van der Waals surface area (Å²) in [7, 11) is 0. The fourth-order valence-corrected chi connectivity index (χ4v) is 3.16. The standard InChI is InChI=1S/C19H21F3N4O2/c1-3-16(27)23-10-13-11-25(17-8-9-24-26(17)12-13)15-6-4-14(5-7-15)18(2,28)19(20,21)22/h3-9,13,28H,1,10-12H2,2H3,(H,23,27). The number of nitrogens with zero attached hydrogens (tertiary/aromatic N) is 3. The minimum atomic E-state index is -4.77. The number of hydrogen-bond acceptors (Lipinski definition) is 4. The van der Waals surface area contributed by atoms with Crippen molar-refractivity contribution in [1.82, 2.24) is 15.1 Å². The summed E-state index contributed by atoms with van der Waals surface area (Å²) in [5, 5.41) is 16.9. The first-order chi connectivity index (χ1) is 13.1. The average Bonchev–Trinajstić information content (AvgIpc) is 3.13. The van der Waals surface area contributed by atoms with Gasteiger partial charge in [-0.3, -0.25) is 4.79 Å². The van der Waals surface area contributed by atoms with E-state index in [-0.39, 0.29) is 17.4 Å². The van der Waals surface area contributed by atoms with Gasteiger partial charge in [0.05, 0.1) is 6.20 Å². The van der Waals surface area contributed by atoms with Gasteiger partial charge in [0.1, 0.15) is 5.82 Å². The maximum absolute atomic E-state index is 13.0. The number of carbonyl (C=O) groups is 1. The second-order valence-corrected chi connectivity index (χ2v) is 6.91. The van der Waals surface area contributed by atoms with Crippen molar-refractivity contribution in [2.24, 2.45) is 5.92 Å². The Bertz CT molecular complexity index is 859. The van der Waals surface area contributed by atoms with Crippen LogP contribution >= 0.6 is 0 Å². The van der Waals surface area contributed by atoms with Crippen LogP contribution in [-0.2, 0) is 16.9 Å². The first kappa shape index (κ1) is 19.9. The third-order valence-corrected chi connectivity index (χ3v) is 4.89. The van der Waals surface area contributed by atoms with Crippen LogP contribution in [0.15, 0.2) is 49.2 Å². The molecule has 0 saturated carbocycles. The first-order valence-electron chi connectivity index (χ1n) is 8.72. The molecule has 3 rings (SSSR count). The molecule has 9 heteroatoms. The Morgan fingerprint density at radius 2 is 2.00 bits per heavy atom. The molecule has 0 fully saturated rings. The van der Waals surface area contributed by atoms with E-state index in [1.807, 2.05) is 11.0 Å². The normalized spacial score (nSPS) is 18.9. The van der Waals surface area contributed by atoms with Gasteiger partial charge in [-0.15, -0.1) is 0 Å². The smallest absolute Gasteiger partial charge is 0.376 e. The number of rotatable bonds is 5. The Morgan fingerprint density at radius 1 is 1.32 bits per heavy atom. The molecule has 2 aromatic rings. The largest absolute Gasteiger partial charge is 0.421 e. The molecular weight excluding hydrogens is 373 g/mol. The molecule has 0 aliphatic carbocycles. The third kappa shape index (κ3) is 3.75. The summed E-state index contributed by atoms with van der Waals surface area (Å²) in [5.74, 6) is 0.590. The number of amides is 1. The van der Waals surface area contributed by atoms with Gasteiger partial charge in [0, 0.05) is 37.3 Å². The van der Waals surface area contributed by atoms with Crippen molar-refractivity contribution < 1.29 is 23.1 Å². The predicted octanol–water partition coefficient (Wildman–Crippen LogP) is 2.72. The highest BCUT2D eigenvalue weighted by Gasteiger charge is 2.51. The van der Waals surface area contributed by atoms with Gasteiger partial charge < -0.3 is 15.3 Å². The van der Waals surface area contributed by atoms with Crippen molar-refractivity contribution in [3.8, 4) is 0 Å². The number of nitrogens with one attached hydrogen (secondary N) is 1. The number of benzene rings is 1. The van der Waals surface area contributed by atoms with E-state index in [4.69, 9.17) is 0 Å². The van der Waals surface area contributed by atoms with E-state index >= 15 is 0 Å². The molecule has 2 heterocycles. The molecule has 0 spiro atoms. The molecule has 0 bridgehead atoms. The molecule has 1 aromatic heterocycles. The molecule has 0 radical (unpaired) electrons. The zero-order chi connectivity index (χ0) is 20.5. The number of aromatic nitrogens is 2. The van der Waals surface area contributed by atoms with E-state index in [0.717, 1.165) is 12.7 Å². The quantitative estimate of drug-likeness (QED) is 0.765. The molecule has 28 heavy (non-hydrogen) atoms. The summed E-state index contributed by atoms with van der Waals surface area (Å²) in [5.41, 5.74) is -2.49. The Morgan fingerprint density at radius 3 is 2.61 bits per heavy atom. The summed E-state index contributed by atoms with van der Waals surface area (Å²) >= 11 is 0. The Hall–Kier alpha value is -2.81. The Kier molecular flexibility index (Phi) is 5.20. The zero-order valence-electron chi connectivity index (χ0n) is 15.3. The minimum absolute atomic E-state index is 0.0502. The number of fused-ring (bicyclic) bond motifs is 1. The summed E-state index contributed by atoms with van der Waals surface area (Å²) < 4.78 is 40.9. The van der Waals surface area contributed by atoms with E-state index in [1.54, 1.807) is 10.9 Å². The monoisotopic (exact) mass is 394 g/mol. The van der Waals surface area contributed by atoms with Crippen LogP contribution in [0.3, 0.4) is 0 Å². The zero-order valence-corrected chi connectivity index (χ0v) is 15.3. The topological polar surface area (TPSA) is 70.4 Å². The second kappa shape index (κ2) is 7.31. The van der Waals surface area contributed by atoms with Gasteiger partial charge in [-0.2, -0.15) is 18.3 Å². The van der Waals surface area contributed by atoms with Crippen LogP contribution in [0.5, 0.6) is 0 Å². The Labute approximate surface area is 160 Å². The van der Waals surface area contributed by atoms with Crippen molar-refractivity contribution in [2.75, 3.05) is 18.0 Å². The lowest BCUT2D eigenvalue weighted by Gasteiger charge is -2.35. The summed E-state index contributed by atoms with van der Waals surface area (Å²) in [6.07, 6.45) is -1.92. The van der Waals surface area contributed by atoms with E-state index in [1.165, 1.54) is 30.3 Å². The van der Waals surface area contributed by atoms with Crippen LogP contribution in [0.1, 0.15) is 12.5 Å². The van der Waals surface area contributed by atoms with Crippen LogP contribution in [0, 0.1) is 5.92 Å². The van der Waals surface area contributed by atoms with Gasteiger partial charge in [0.15, 0.2) is 5.60 Å². The van der Waals surface area contributed by atoms with Gasteiger partial charge in [-0.25, -0.2) is 4.68 Å². The molecule has 1 amide bonds. The van der Waals surface area contributed by atoms with Gasteiger partial charge in [0.2, 0.25) is 5.91 Å². The highest BCUT2D eigenvalue weighted by molar-refractivity contribution is 5.86. The molecular formula is C19H21F3N4O2. The number of aliphatic hydroxyl groups is 1. The molecule has 2 unspecified atom stereocenters. The van der Waals surface area contributed by atoms with Crippen LogP contribution in [0.25, 0.3) is 0 Å². The highest BCUT2D eigenvalue weighted by atomic mass is 19.4. The van der Waals surface area contributed by atoms with Gasteiger partial charge >= 0.3 is 6.18 Å². The van der Waals surface area contributed by atoms with E-state index in [0.29, 0.717) is 25.3 Å². The molecule has 0 saturated heterocycles. The van der Waals surface area contributed by atoms with Crippen molar-refractivity contribution >= 4 is 17.4 Å². The lowest BCUT2D eigenvalue weighted by molar-refractivity contribution is -0.258. The molecule has 2 N–H and O–H groups in total. The summed E-state index contributed by atoms with van der Waals surface area (Å²) in [4.78, 5) is 13.4. The lowest BCUT2D eigenvalue weighted by atomic mass is 9.95. The molecule has 1 aromatic carbocycles. The van der Waals surface area contributed by atoms with Gasteiger partial charge in [-0.1, -0.05) is 18.7 Å². The number of alkyl halides is 3. The third-order valence-electron chi connectivity index (χ3n) is 4.89. The van der Waals surface area contributed by atoms with Gasteiger partial charge in [-0.05, 0) is 30.7 Å². The van der Waals surface area contributed by atoms with Crippen molar-refractivity contribution in [3.63, 3.8) is 0 Å². The van der Waals surface area contributed by atoms with Crippen molar-refractivity contribution in [1.29, 1.82) is 0 Å². The SMILES string of the molecule is C=CC(=O)NCC1CN(c2ccc(C(C)(O)C(F)(F)F)cc2)c2ccnn2C1. The highest BCUT2D eigenvalue weighted by Crippen LogP contribution is 2.39. The fraction of sp³-hybridized carbons (Fsp3) is 0.368. The number of hydrogen-bond donors (Lipinski definition) is 2. The van der Waals surface area contributed by atoms with Gasteiger partial charge in [0.25, 0.3) is 0 Å². The number of halogens is 3. The predicted molar refractivity (Wildman–Crippen MR) is 98.0 cm³/mol. The first-order valence-corrected chi connectivity index (χ1v) is 8.72. The van der Waals surface area contributed by atoms with Crippen LogP contribution in [0.4, 0.5) is 24.7 Å². The van der Waals surface area contributed by atoms with Crippen molar-refractivity contribution in [2.45, 2.75) is 25.2 Å². The molecule has 150 valence electrons. The molecule has 1 aliphatic rings. The number of carbonyl (C=O) groups excluding carboxylic acids is 1. The lowest BCUT2D eigenvalue weighted by Crippen LogP contribution is -2.41. The Balaban J connectivity index is 1.84. The maximum atomic E-state index is 13.0. The summed E-state index contributed by atoms with van der Waals surface area (Å²) in [6.45, 7) is 5.73. The maximum Gasteiger partial charge on any atom is 0.421 e. The number of anilines is 2. The van der Waals surface area contributed by atoms with Crippen molar-refractivity contribution in [3.05, 3.63) is 54.7 Å². The average molecular weight is 394 g/mol. The summed E-state index contributed by atoms with van der Waals surface area (Å²) in [6, 6.07) is 7.44. The molecule has 6 nitrogen and oxygen atoms in total. The van der Waals surface area contributed by atoms with Crippen LogP contribution < -0.4 is 10.2 Å². The van der Waals surface area contributed by atoms with Crippen LogP contribution in [0.2, 0.25) is 0 Å². The van der Waals surface area contributed by atoms with Crippen LogP contribution in [-0.4, -0.2) is 40.1 Å². The van der Waals surface area contributed by atoms with E-state index in [2.05, 4.69) is 17.0 Å². The van der Waals surface area contributed by atoms with E-state index in [9.17, 15) is 23.1 Å². The van der Waals surface area contributed by atoms with E-state index < -0.39 is 11.8 Å². The molecule has 2 atom stereocenters. The minimum Gasteiger partial charge on any atom is -0.376 e. The second-order valence-electron chi connectivity index (χ2n) is 6.91. The fourth-order valence-electron chi connectivity index (χ4n) is 3.16. The molecule has 1 aliphatic heterocycles.